The van der Waals surface area contributed by atoms with Crippen LogP contribution >= 0.6 is 11.6 Å². The molecular formula is C28H33ClN6O2S. The molecule has 1 aliphatic heterocycles. The molecule has 3 aliphatic rings. The van der Waals surface area contributed by atoms with Gasteiger partial charge in [-0.2, -0.15) is 4.98 Å². The fourth-order valence-corrected chi connectivity index (χ4v) is 7.11. The van der Waals surface area contributed by atoms with Crippen LogP contribution in [0.5, 0.6) is 0 Å². The molecule has 0 unspecified atom stereocenters. The summed E-state index contributed by atoms with van der Waals surface area (Å²) in [6, 6.07) is 13.9. The van der Waals surface area contributed by atoms with Gasteiger partial charge in [-0.1, -0.05) is 29.8 Å². The summed E-state index contributed by atoms with van der Waals surface area (Å²) in [5.41, 5.74) is 4.14. The van der Waals surface area contributed by atoms with E-state index in [-0.39, 0.29) is 10.9 Å². The van der Waals surface area contributed by atoms with Crippen LogP contribution in [0.1, 0.15) is 49.7 Å². The lowest BCUT2D eigenvalue weighted by Gasteiger charge is -2.25. The number of nitrogens with zero attached hydrogens (tertiary/aromatic N) is 3. The SMILES string of the molecule is O=S(=O)(NC1CC1)c1ccccc1Nc1nc(Nc2ccc3c(c2)CC[C@@H](N2CCCC2)CC3)ncc1Cl. The molecule has 0 radical (unpaired) electrons. The normalized spacial score (nSPS) is 20.1. The highest BCUT2D eigenvalue weighted by Gasteiger charge is 2.29. The minimum absolute atomic E-state index is 0.0125. The van der Waals surface area contributed by atoms with Crippen LogP contribution in [0.25, 0.3) is 0 Å². The lowest BCUT2D eigenvalue weighted by molar-refractivity contribution is 0.222. The number of hydrogen-bond donors (Lipinski definition) is 3. The van der Waals surface area contributed by atoms with E-state index in [0.717, 1.165) is 31.4 Å². The van der Waals surface area contributed by atoms with E-state index in [1.807, 2.05) is 0 Å². The quantitative estimate of drug-likeness (QED) is 0.322. The standard InChI is InChI=1S/C28H33ClN6O2S/c29-24-18-30-28(33-27(24)32-25-5-1-2-6-26(25)38(36,37)34-21-11-12-21)31-22-10-7-19-8-13-23(14-9-20(19)17-22)35-15-3-4-16-35/h1-2,5-7,10,17-18,21,23,34H,3-4,8-9,11-16H2,(H2,30,31,32,33)/t23-/m0/s1. The van der Waals surface area contributed by atoms with Crippen LogP contribution in [0.4, 0.5) is 23.1 Å². The third-order valence-electron chi connectivity index (χ3n) is 7.69. The number of nitrogens with one attached hydrogen (secondary N) is 3. The van der Waals surface area contributed by atoms with E-state index in [0.29, 0.717) is 28.5 Å². The van der Waals surface area contributed by atoms with Crippen LogP contribution < -0.4 is 15.4 Å². The predicted octanol–water partition coefficient (Wildman–Crippen LogP) is 5.40. The zero-order chi connectivity index (χ0) is 26.1. The van der Waals surface area contributed by atoms with Crippen LogP contribution in [-0.4, -0.2) is 48.5 Å². The lowest BCUT2D eigenvalue weighted by atomic mass is 10.0. The number of fused-ring (bicyclic) bond motifs is 1. The summed E-state index contributed by atoms with van der Waals surface area (Å²) in [7, 11) is -3.66. The number of likely N-dealkylation sites (tertiary alicyclic amines) is 1. The second kappa shape index (κ2) is 10.8. The summed E-state index contributed by atoms with van der Waals surface area (Å²) in [6.45, 7) is 2.48. The molecule has 0 bridgehead atoms. The number of aromatic nitrogens is 2. The minimum Gasteiger partial charge on any atom is -0.338 e. The molecule has 2 aliphatic carbocycles. The fraction of sp³-hybridized carbons (Fsp3) is 0.429. The van der Waals surface area contributed by atoms with Crippen molar-refractivity contribution in [3.05, 3.63) is 64.8 Å². The summed E-state index contributed by atoms with van der Waals surface area (Å²) < 4.78 is 28.5. The van der Waals surface area contributed by atoms with Crippen LogP contribution in [0.2, 0.25) is 5.02 Å². The van der Waals surface area contributed by atoms with Crippen LogP contribution in [-0.2, 0) is 22.9 Å². The highest BCUT2D eigenvalue weighted by molar-refractivity contribution is 7.89. The Labute approximate surface area is 229 Å². The van der Waals surface area contributed by atoms with Crippen molar-refractivity contribution in [2.24, 2.45) is 0 Å². The van der Waals surface area contributed by atoms with Crippen LogP contribution in [0, 0.1) is 0 Å². The average molecular weight is 553 g/mol. The smallest absolute Gasteiger partial charge is 0.242 e. The van der Waals surface area contributed by atoms with E-state index in [1.54, 1.807) is 24.3 Å². The average Bonchev–Trinajstić information content (AvgIpc) is 3.60. The van der Waals surface area contributed by atoms with Crippen LogP contribution in [0.3, 0.4) is 0 Å². The molecule has 1 saturated heterocycles. The van der Waals surface area contributed by atoms with E-state index in [2.05, 4.69) is 48.4 Å². The molecule has 3 N–H and O–H groups in total. The summed E-state index contributed by atoms with van der Waals surface area (Å²) in [6.07, 6.45) is 10.5. The maximum absolute atomic E-state index is 12.9. The molecule has 1 aromatic heterocycles. The van der Waals surface area contributed by atoms with Crippen LogP contribution in [0.15, 0.2) is 53.6 Å². The Kier molecular flexibility index (Phi) is 7.27. The Bertz CT molecular complexity index is 1420. The molecule has 1 saturated carbocycles. The number of hydrogen-bond acceptors (Lipinski definition) is 7. The first-order valence-corrected chi connectivity index (χ1v) is 15.3. The Morgan fingerprint density at radius 2 is 1.68 bits per heavy atom. The molecule has 200 valence electrons. The van der Waals surface area contributed by atoms with Gasteiger partial charge in [-0.25, -0.2) is 18.1 Å². The van der Waals surface area contributed by atoms with Crippen molar-refractivity contribution in [3.63, 3.8) is 0 Å². The topological polar surface area (TPSA) is 99.2 Å². The number of aryl methyl sites for hydroxylation is 2. The highest BCUT2D eigenvalue weighted by atomic mass is 35.5. The van der Waals surface area contributed by atoms with Gasteiger partial charge in [-0.05, 0) is 99.8 Å². The third-order valence-corrected chi connectivity index (χ3v) is 9.54. The molecule has 8 nitrogen and oxygen atoms in total. The molecule has 10 heteroatoms. The maximum atomic E-state index is 12.9. The van der Waals surface area contributed by atoms with Gasteiger partial charge in [0.2, 0.25) is 16.0 Å². The van der Waals surface area contributed by atoms with E-state index in [1.165, 1.54) is 56.1 Å². The van der Waals surface area contributed by atoms with Gasteiger partial charge >= 0.3 is 0 Å². The van der Waals surface area contributed by atoms with E-state index >= 15 is 0 Å². The van der Waals surface area contributed by atoms with Crippen molar-refractivity contribution in [3.8, 4) is 0 Å². The Morgan fingerprint density at radius 1 is 0.921 bits per heavy atom. The molecule has 2 aromatic carbocycles. The number of sulfonamides is 1. The van der Waals surface area contributed by atoms with Crippen molar-refractivity contribution >= 4 is 44.8 Å². The molecule has 2 fully saturated rings. The number of benzene rings is 2. The largest absolute Gasteiger partial charge is 0.338 e. The van der Waals surface area contributed by atoms with Crippen molar-refractivity contribution < 1.29 is 8.42 Å². The summed E-state index contributed by atoms with van der Waals surface area (Å²) in [5, 5.41) is 6.72. The lowest BCUT2D eigenvalue weighted by Crippen LogP contribution is -2.32. The van der Waals surface area contributed by atoms with Gasteiger partial charge in [0.15, 0.2) is 5.82 Å². The second-order valence-electron chi connectivity index (χ2n) is 10.5. The number of rotatable bonds is 8. The van der Waals surface area contributed by atoms with Gasteiger partial charge in [0.1, 0.15) is 9.92 Å². The van der Waals surface area contributed by atoms with Crippen molar-refractivity contribution in [2.45, 2.75) is 68.3 Å². The van der Waals surface area contributed by atoms with E-state index in [4.69, 9.17) is 11.6 Å². The first-order valence-electron chi connectivity index (χ1n) is 13.5. The second-order valence-corrected chi connectivity index (χ2v) is 12.6. The highest BCUT2D eigenvalue weighted by Crippen LogP contribution is 2.32. The van der Waals surface area contributed by atoms with Gasteiger partial charge in [-0.15, -0.1) is 0 Å². The number of para-hydroxylation sites is 1. The van der Waals surface area contributed by atoms with Gasteiger partial charge in [0, 0.05) is 17.8 Å². The van der Waals surface area contributed by atoms with E-state index in [9.17, 15) is 8.42 Å². The third kappa shape index (κ3) is 5.81. The summed E-state index contributed by atoms with van der Waals surface area (Å²) in [4.78, 5) is 11.8. The monoisotopic (exact) mass is 552 g/mol. The van der Waals surface area contributed by atoms with Crippen molar-refractivity contribution in [1.29, 1.82) is 0 Å². The van der Waals surface area contributed by atoms with Crippen molar-refractivity contribution in [2.75, 3.05) is 23.7 Å². The first kappa shape index (κ1) is 25.6. The summed E-state index contributed by atoms with van der Waals surface area (Å²) in [5.74, 6) is 0.721. The molecule has 38 heavy (non-hydrogen) atoms. The Hall–Kier alpha value is -2.72. The molecule has 2 heterocycles. The molecular weight excluding hydrogens is 520 g/mol. The Balaban J connectivity index is 1.18. The first-order chi connectivity index (χ1) is 18.4. The zero-order valence-corrected chi connectivity index (χ0v) is 22.9. The Morgan fingerprint density at radius 3 is 2.47 bits per heavy atom. The van der Waals surface area contributed by atoms with E-state index < -0.39 is 10.0 Å². The maximum Gasteiger partial charge on any atom is 0.242 e. The van der Waals surface area contributed by atoms with Gasteiger partial charge in [-0.3, -0.25) is 0 Å². The number of halogens is 1. The summed E-state index contributed by atoms with van der Waals surface area (Å²) >= 11 is 6.41. The van der Waals surface area contributed by atoms with Crippen molar-refractivity contribution in [1.82, 2.24) is 19.6 Å². The zero-order valence-electron chi connectivity index (χ0n) is 21.3. The minimum atomic E-state index is -3.66. The van der Waals surface area contributed by atoms with Gasteiger partial charge in [0.05, 0.1) is 11.9 Å². The van der Waals surface area contributed by atoms with Gasteiger partial charge in [0.25, 0.3) is 0 Å². The van der Waals surface area contributed by atoms with Gasteiger partial charge < -0.3 is 15.5 Å². The molecule has 3 aromatic rings. The number of anilines is 4. The molecule has 6 rings (SSSR count). The predicted molar refractivity (Wildman–Crippen MR) is 151 cm³/mol. The fourth-order valence-electron chi connectivity index (χ4n) is 5.50. The molecule has 0 amide bonds. The molecule has 1 atom stereocenters. The molecule has 0 spiro atoms.